The molecular weight excluding hydrogens is 578 g/mol. The fourth-order valence-electron chi connectivity index (χ4n) is 5.81. The number of nitrogens with zero attached hydrogens (tertiary/aromatic N) is 2. The first-order valence-corrected chi connectivity index (χ1v) is 14.7. The molecule has 0 radical (unpaired) electrons. The summed E-state index contributed by atoms with van der Waals surface area (Å²) in [4.78, 5) is 15.1. The van der Waals surface area contributed by atoms with Gasteiger partial charge in [-0.2, -0.15) is 5.26 Å². The van der Waals surface area contributed by atoms with Crippen LogP contribution in [0.4, 0.5) is 20.2 Å². The van der Waals surface area contributed by atoms with E-state index in [1.807, 2.05) is 24.3 Å². The van der Waals surface area contributed by atoms with Crippen LogP contribution in [0, 0.1) is 23.0 Å². The van der Waals surface area contributed by atoms with Gasteiger partial charge in [-0.15, -0.1) is 0 Å². The lowest BCUT2D eigenvalue weighted by Crippen LogP contribution is -2.39. The maximum Gasteiger partial charge on any atom is 0.278 e. The molecule has 2 atom stereocenters. The molecule has 0 saturated carbocycles. The monoisotopic (exact) mass is 608 g/mol. The van der Waals surface area contributed by atoms with E-state index in [0.717, 1.165) is 24.8 Å². The Morgan fingerprint density at radius 1 is 1.09 bits per heavy atom. The van der Waals surface area contributed by atoms with E-state index < -0.39 is 17.4 Å². The van der Waals surface area contributed by atoms with Gasteiger partial charge in [0.15, 0.2) is 11.5 Å². The number of para-hydroxylation sites is 1. The Kier molecular flexibility index (Phi) is 8.14. The molecule has 2 saturated heterocycles. The quantitative estimate of drug-likeness (QED) is 0.317. The van der Waals surface area contributed by atoms with E-state index >= 15 is 0 Å². The minimum absolute atomic E-state index is 0.0405. The number of carbonyl (C=O) groups excluding carboxylic acids is 1. The van der Waals surface area contributed by atoms with Gasteiger partial charge in [-0.3, -0.25) is 9.69 Å². The molecule has 224 valence electrons. The number of hydrogen-bond donors (Lipinski definition) is 2. The highest BCUT2D eigenvalue weighted by atomic mass is 35.5. The second-order valence-corrected chi connectivity index (χ2v) is 11.6. The van der Waals surface area contributed by atoms with Crippen LogP contribution in [0.1, 0.15) is 48.8 Å². The minimum Gasteiger partial charge on any atom is -0.444 e. The van der Waals surface area contributed by atoms with E-state index in [2.05, 4.69) is 15.5 Å². The maximum absolute atomic E-state index is 14.8. The fraction of sp³-hybridized carbons (Fsp3) is 0.375. The molecule has 0 bridgehead atoms. The standard InChI is InChI=1S/C32H31ClF2N4O4/c1-32(24-6-5-21(33)14-26(24)35)42-29-4-2-3-23(31(29)43-32)19-7-10-39(11-8-19)18-30(40)38-28-13-20(16-36)25(34)15-27(28)37-17-22-9-12-41-22/h2-6,13-15,19,22,37H,7-12,17-18H2,1H3,(H,38,40)/t22-,32?/m0/s1. The van der Waals surface area contributed by atoms with E-state index in [1.165, 1.54) is 18.2 Å². The van der Waals surface area contributed by atoms with Crippen LogP contribution in [0.25, 0.3) is 0 Å². The first-order valence-electron chi connectivity index (χ1n) is 14.3. The highest BCUT2D eigenvalue weighted by Gasteiger charge is 2.43. The third-order valence-corrected chi connectivity index (χ3v) is 8.48. The number of nitrogens with one attached hydrogen (secondary N) is 2. The largest absolute Gasteiger partial charge is 0.444 e. The van der Waals surface area contributed by atoms with Crippen LogP contribution in [-0.4, -0.2) is 49.7 Å². The van der Waals surface area contributed by atoms with Gasteiger partial charge < -0.3 is 24.8 Å². The van der Waals surface area contributed by atoms with Crippen molar-refractivity contribution in [1.82, 2.24) is 4.90 Å². The van der Waals surface area contributed by atoms with E-state index in [-0.39, 0.29) is 35.6 Å². The van der Waals surface area contributed by atoms with Gasteiger partial charge in [-0.05, 0) is 68.6 Å². The minimum atomic E-state index is -1.32. The van der Waals surface area contributed by atoms with Crippen LogP contribution < -0.4 is 20.1 Å². The number of nitriles is 1. The zero-order valence-corrected chi connectivity index (χ0v) is 24.3. The smallest absolute Gasteiger partial charge is 0.278 e. The van der Waals surface area contributed by atoms with E-state index in [1.54, 1.807) is 19.1 Å². The number of anilines is 2. The van der Waals surface area contributed by atoms with Gasteiger partial charge in [0.05, 0.1) is 35.2 Å². The third kappa shape index (κ3) is 6.11. The summed E-state index contributed by atoms with van der Waals surface area (Å²) >= 11 is 5.94. The lowest BCUT2D eigenvalue weighted by Gasteiger charge is -2.32. The predicted octanol–water partition coefficient (Wildman–Crippen LogP) is 6.15. The molecular formula is C32H31ClF2N4O4. The zero-order chi connectivity index (χ0) is 30.1. The van der Waals surface area contributed by atoms with Crippen LogP contribution in [-0.2, 0) is 15.3 Å². The van der Waals surface area contributed by atoms with Gasteiger partial charge in [0.1, 0.15) is 17.7 Å². The molecule has 3 aliphatic rings. The van der Waals surface area contributed by atoms with Gasteiger partial charge in [-0.1, -0.05) is 23.7 Å². The van der Waals surface area contributed by atoms with Crippen LogP contribution in [0.2, 0.25) is 5.02 Å². The fourth-order valence-corrected chi connectivity index (χ4v) is 5.97. The molecule has 1 amide bonds. The summed E-state index contributed by atoms with van der Waals surface area (Å²) in [6, 6.07) is 14.6. The molecule has 11 heteroatoms. The number of rotatable bonds is 8. The Balaban J connectivity index is 1.08. The van der Waals surface area contributed by atoms with Gasteiger partial charge in [-0.25, -0.2) is 8.78 Å². The van der Waals surface area contributed by atoms with Crippen molar-refractivity contribution in [2.45, 2.75) is 44.0 Å². The molecule has 43 heavy (non-hydrogen) atoms. The summed E-state index contributed by atoms with van der Waals surface area (Å²) in [6.45, 7) is 4.36. The second-order valence-electron chi connectivity index (χ2n) is 11.2. The van der Waals surface area contributed by atoms with E-state index in [4.69, 9.17) is 25.8 Å². The molecule has 0 spiro atoms. The molecule has 1 unspecified atom stereocenters. The summed E-state index contributed by atoms with van der Waals surface area (Å²) in [6.07, 6.45) is 2.51. The first-order chi connectivity index (χ1) is 20.7. The molecule has 8 nitrogen and oxygen atoms in total. The van der Waals surface area contributed by atoms with Gasteiger partial charge >= 0.3 is 0 Å². The van der Waals surface area contributed by atoms with Gasteiger partial charge in [0, 0.05) is 36.7 Å². The van der Waals surface area contributed by atoms with Crippen molar-refractivity contribution < 1.29 is 27.8 Å². The molecule has 0 aliphatic carbocycles. The topological polar surface area (TPSA) is 95.9 Å². The van der Waals surface area contributed by atoms with Crippen molar-refractivity contribution in [2.75, 3.05) is 43.4 Å². The number of halogens is 3. The Labute approximate surface area is 253 Å². The highest BCUT2D eigenvalue weighted by molar-refractivity contribution is 6.30. The lowest BCUT2D eigenvalue weighted by molar-refractivity contribution is -0.117. The molecule has 3 aromatic carbocycles. The predicted molar refractivity (Wildman–Crippen MR) is 157 cm³/mol. The third-order valence-electron chi connectivity index (χ3n) is 8.24. The van der Waals surface area contributed by atoms with Crippen molar-refractivity contribution in [3.05, 3.63) is 81.9 Å². The number of ether oxygens (including phenoxy) is 3. The molecule has 3 aliphatic heterocycles. The summed E-state index contributed by atoms with van der Waals surface area (Å²) < 4.78 is 46.9. The Bertz CT molecular complexity index is 1590. The van der Waals surface area contributed by atoms with Crippen LogP contribution in [0.3, 0.4) is 0 Å². The van der Waals surface area contributed by atoms with Crippen molar-refractivity contribution in [3.63, 3.8) is 0 Å². The molecule has 2 fully saturated rings. The SMILES string of the molecule is CC1(c2ccc(Cl)cc2F)Oc2cccc(C3CCN(CC(=O)Nc4cc(C#N)c(F)cc4NC[C@@H]4CCO4)CC3)c2O1. The Morgan fingerprint density at radius 3 is 2.58 bits per heavy atom. The molecule has 6 rings (SSSR count). The summed E-state index contributed by atoms with van der Waals surface area (Å²) in [5.41, 5.74) is 1.87. The number of carbonyl (C=O) groups is 1. The molecule has 0 aromatic heterocycles. The van der Waals surface area contributed by atoms with Crippen molar-refractivity contribution in [1.29, 1.82) is 5.26 Å². The van der Waals surface area contributed by atoms with Crippen molar-refractivity contribution in [2.24, 2.45) is 0 Å². The molecule has 3 heterocycles. The van der Waals surface area contributed by atoms with Crippen LogP contribution in [0.15, 0.2) is 48.5 Å². The number of likely N-dealkylation sites (tertiary alicyclic amines) is 1. The molecule has 2 N–H and O–H groups in total. The number of benzene rings is 3. The average Bonchev–Trinajstić information content (AvgIpc) is 3.31. The lowest BCUT2D eigenvalue weighted by atomic mass is 9.88. The number of piperidine rings is 1. The number of amides is 1. The van der Waals surface area contributed by atoms with Gasteiger partial charge in [0.2, 0.25) is 5.91 Å². The normalized spacial score (nSPS) is 21.6. The Morgan fingerprint density at radius 2 is 1.88 bits per heavy atom. The highest BCUT2D eigenvalue weighted by Crippen LogP contribution is 2.49. The van der Waals surface area contributed by atoms with Crippen molar-refractivity contribution in [3.8, 4) is 17.6 Å². The number of hydrogen-bond acceptors (Lipinski definition) is 7. The van der Waals surface area contributed by atoms with Crippen LogP contribution in [0.5, 0.6) is 11.5 Å². The second kappa shape index (κ2) is 12.0. The van der Waals surface area contributed by atoms with Gasteiger partial charge in [0.25, 0.3) is 5.79 Å². The number of fused-ring (bicyclic) bond motifs is 1. The first kappa shape index (κ1) is 29.2. The summed E-state index contributed by atoms with van der Waals surface area (Å²) in [7, 11) is 0. The van der Waals surface area contributed by atoms with E-state index in [9.17, 15) is 18.8 Å². The Hall–Kier alpha value is -3.91. The van der Waals surface area contributed by atoms with Crippen molar-refractivity contribution >= 4 is 28.9 Å². The van der Waals surface area contributed by atoms with Crippen LogP contribution >= 0.6 is 11.6 Å². The zero-order valence-electron chi connectivity index (χ0n) is 23.6. The maximum atomic E-state index is 14.8. The average molecular weight is 609 g/mol. The molecule has 3 aromatic rings. The van der Waals surface area contributed by atoms with E-state index in [0.29, 0.717) is 54.1 Å². The summed E-state index contributed by atoms with van der Waals surface area (Å²) in [5.74, 6) is -1.41. The summed E-state index contributed by atoms with van der Waals surface area (Å²) in [5, 5.41) is 15.6.